The van der Waals surface area contributed by atoms with Gasteiger partial charge in [-0.1, -0.05) is 42.8 Å². The second kappa shape index (κ2) is 9.73. The first-order valence-electron chi connectivity index (χ1n) is 12.1. The Morgan fingerprint density at radius 1 is 1.09 bits per heavy atom. The number of aryl methyl sites for hydroxylation is 3. The molecule has 1 aliphatic rings. The van der Waals surface area contributed by atoms with Crippen LogP contribution in [0.1, 0.15) is 44.0 Å². The lowest BCUT2D eigenvalue weighted by atomic mass is 10.2. The molecule has 1 N–H and O–H groups in total. The zero-order valence-electron chi connectivity index (χ0n) is 20.3. The average Bonchev–Trinajstić information content (AvgIpc) is 3.57. The Kier molecular flexibility index (Phi) is 6.50. The summed E-state index contributed by atoms with van der Waals surface area (Å²) in [5, 5.41) is 9.82. The van der Waals surface area contributed by atoms with Gasteiger partial charge in [0.2, 0.25) is 5.95 Å². The molecule has 0 unspecified atom stereocenters. The minimum atomic E-state index is -0.414. The summed E-state index contributed by atoms with van der Waals surface area (Å²) in [5.74, 6) is 2.03. The van der Waals surface area contributed by atoms with E-state index in [2.05, 4.69) is 62.8 Å². The molecule has 1 aromatic carbocycles. The highest BCUT2D eigenvalue weighted by molar-refractivity contribution is 7.98. The SMILES string of the molecule is CCCCn1c(=O)[nH]c(=O)c2c1nc(CSc1nnc(N3CCCC3)n1-c1ccc(C)cc1)n2C. The largest absolute Gasteiger partial charge is 0.341 e. The lowest BCUT2D eigenvalue weighted by molar-refractivity contribution is 0.613. The summed E-state index contributed by atoms with van der Waals surface area (Å²) in [7, 11) is 1.81. The summed E-state index contributed by atoms with van der Waals surface area (Å²) in [6.45, 7) is 6.59. The molecule has 184 valence electrons. The van der Waals surface area contributed by atoms with Crippen LogP contribution >= 0.6 is 11.8 Å². The van der Waals surface area contributed by atoms with E-state index in [1.54, 1.807) is 9.13 Å². The zero-order chi connectivity index (χ0) is 24.5. The average molecular weight is 495 g/mol. The summed E-state index contributed by atoms with van der Waals surface area (Å²) >= 11 is 1.52. The van der Waals surface area contributed by atoms with Gasteiger partial charge in [0.25, 0.3) is 5.56 Å². The molecule has 0 atom stereocenters. The zero-order valence-corrected chi connectivity index (χ0v) is 21.1. The first-order chi connectivity index (χ1) is 17.0. The van der Waals surface area contributed by atoms with Crippen LogP contribution in [0.25, 0.3) is 16.9 Å². The van der Waals surface area contributed by atoms with E-state index >= 15 is 0 Å². The number of hydrogen-bond donors (Lipinski definition) is 1. The highest BCUT2D eigenvalue weighted by atomic mass is 32.2. The van der Waals surface area contributed by atoms with Gasteiger partial charge in [0.15, 0.2) is 16.3 Å². The number of aromatic amines is 1. The van der Waals surface area contributed by atoms with Gasteiger partial charge in [-0.05, 0) is 38.3 Å². The summed E-state index contributed by atoms with van der Waals surface area (Å²) in [5.41, 5.74) is 2.22. The number of unbranched alkanes of at least 4 members (excludes halogenated alkanes) is 1. The summed E-state index contributed by atoms with van der Waals surface area (Å²) in [4.78, 5) is 34.5. The molecule has 0 bridgehead atoms. The number of thioether (sulfide) groups is 1. The van der Waals surface area contributed by atoms with Crippen molar-refractivity contribution < 1.29 is 0 Å². The predicted octanol–water partition coefficient (Wildman–Crippen LogP) is 3.01. The van der Waals surface area contributed by atoms with E-state index in [1.165, 1.54) is 17.3 Å². The smallest absolute Gasteiger partial charge is 0.330 e. The lowest BCUT2D eigenvalue weighted by Gasteiger charge is -2.18. The molecule has 11 heteroatoms. The van der Waals surface area contributed by atoms with Gasteiger partial charge >= 0.3 is 5.69 Å². The van der Waals surface area contributed by atoms with Gasteiger partial charge in [-0.15, -0.1) is 10.2 Å². The van der Waals surface area contributed by atoms with E-state index in [0.29, 0.717) is 29.3 Å². The molecule has 0 amide bonds. The van der Waals surface area contributed by atoms with E-state index in [4.69, 9.17) is 4.98 Å². The maximum absolute atomic E-state index is 12.6. The molecule has 4 heterocycles. The Morgan fingerprint density at radius 2 is 1.83 bits per heavy atom. The minimum Gasteiger partial charge on any atom is -0.341 e. The third kappa shape index (κ3) is 4.40. The molecular weight excluding hydrogens is 464 g/mol. The van der Waals surface area contributed by atoms with E-state index < -0.39 is 11.2 Å². The Labute approximate surface area is 207 Å². The first-order valence-corrected chi connectivity index (χ1v) is 13.0. The van der Waals surface area contributed by atoms with Crippen molar-refractivity contribution in [2.45, 2.75) is 57.0 Å². The van der Waals surface area contributed by atoms with Crippen molar-refractivity contribution >= 4 is 28.9 Å². The van der Waals surface area contributed by atoms with Crippen molar-refractivity contribution in [3.63, 3.8) is 0 Å². The van der Waals surface area contributed by atoms with Gasteiger partial charge in [-0.2, -0.15) is 0 Å². The second-order valence-electron chi connectivity index (χ2n) is 8.96. The van der Waals surface area contributed by atoms with Crippen molar-refractivity contribution in [3.8, 4) is 5.69 Å². The fourth-order valence-electron chi connectivity index (χ4n) is 4.47. The number of rotatable bonds is 8. The first kappa shape index (κ1) is 23.4. The second-order valence-corrected chi connectivity index (χ2v) is 9.90. The highest BCUT2D eigenvalue weighted by Crippen LogP contribution is 2.30. The van der Waals surface area contributed by atoms with Gasteiger partial charge in [-0.3, -0.25) is 18.9 Å². The summed E-state index contributed by atoms with van der Waals surface area (Å²) < 4.78 is 5.44. The van der Waals surface area contributed by atoms with E-state index in [9.17, 15) is 9.59 Å². The molecule has 1 aliphatic heterocycles. The molecular formula is C24H30N8O2S. The van der Waals surface area contributed by atoms with Crippen molar-refractivity contribution in [1.29, 1.82) is 0 Å². The van der Waals surface area contributed by atoms with Crippen molar-refractivity contribution in [3.05, 3.63) is 56.5 Å². The Bertz CT molecular complexity index is 1460. The lowest BCUT2D eigenvalue weighted by Crippen LogP contribution is -2.31. The number of fused-ring (bicyclic) bond motifs is 1. The van der Waals surface area contributed by atoms with Crippen LogP contribution in [0.5, 0.6) is 0 Å². The molecule has 35 heavy (non-hydrogen) atoms. The van der Waals surface area contributed by atoms with Gasteiger partial charge in [0, 0.05) is 26.7 Å². The Hall–Kier alpha value is -3.34. The number of anilines is 1. The summed E-state index contributed by atoms with van der Waals surface area (Å²) in [6, 6.07) is 8.35. The van der Waals surface area contributed by atoms with Crippen LogP contribution in [0.3, 0.4) is 0 Å². The molecule has 0 saturated carbocycles. The molecule has 0 radical (unpaired) electrons. The predicted molar refractivity (Wildman–Crippen MR) is 138 cm³/mol. The van der Waals surface area contributed by atoms with E-state index in [-0.39, 0.29) is 0 Å². The fraction of sp³-hybridized carbons (Fsp3) is 0.458. The number of imidazole rings is 1. The minimum absolute atomic E-state index is 0.411. The number of hydrogen-bond acceptors (Lipinski definition) is 7. The highest BCUT2D eigenvalue weighted by Gasteiger charge is 2.23. The van der Waals surface area contributed by atoms with Crippen molar-refractivity contribution in [2.24, 2.45) is 7.05 Å². The van der Waals surface area contributed by atoms with E-state index in [1.807, 2.05) is 7.05 Å². The maximum Gasteiger partial charge on any atom is 0.330 e. The third-order valence-electron chi connectivity index (χ3n) is 6.47. The monoisotopic (exact) mass is 494 g/mol. The van der Waals surface area contributed by atoms with Crippen LogP contribution in [0.4, 0.5) is 5.95 Å². The number of aromatic nitrogens is 7. The van der Waals surface area contributed by atoms with Crippen molar-refractivity contribution in [1.82, 2.24) is 33.9 Å². The van der Waals surface area contributed by atoms with Gasteiger partial charge in [0.1, 0.15) is 5.82 Å². The topological polar surface area (TPSA) is 107 Å². The normalized spacial score (nSPS) is 13.9. The van der Waals surface area contributed by atoms with Crippen LogP contribution in [-0.4, -0.2) is 47.0 Å². The van der Waals surface area contributed by atoms with Crippen LogP contribution in [0, 0.1) is 6.92 Å². The van der Waals surface area contributed by atoms with E-state index in [0.717, 1.165) is 55.6 Å². The fourth-order valence-corrected chi connectivity index (χ4v) is 5.40. The van der Waals surface area contributed by atoms with Crippen molar-refractivity contribution in [2.75, 3.05) is 18.0 Å². The van der Waals surface area contributed by atoms with Gasteiger partial charge in [-0.25, -0.2) is 9.78 Å². The number of nitrogens with one attached hydrogen (secondary N) is 1. The number of benzene rings is 1. The van der Waals surface area contributed by atoms with Crippen LogP contribution in [-0.2, 0) is 19.3 Å². The van der Waals surface area contributed by atoms with Gasteiger partial charge < -0.3 is 9.47 Å². The van der Waals surface area contributed by atoms with Crippen LogP contribution < -0.4 is 16.1 Å². The molecule has 5 rings (SSSR count). The molecule has 10 nitrogen and oxygen atoms in total. The van der Waals surface area contributed by atoms with Crippen LogP contribution in [0.2, 0.25) is 0 Å². The van der Waals surface area contributed by atoms with Gasteiger partial charge in [0.05, 0.1) is 11.4 Å². The van der Waals surface area contributed by atoms with Crippen LogP contribution in [0.15, 0.2) is 39.0 Å². The standard InChI is InChI=1S/C24H30N8O2S/c1-4-5-14-31-20-19(21(33)26-23(31)34)29(3)18(25-20)15-35-24-28-27-22(30-12-6-7-13-30)32(24)17-10-8-16(2)9-11-17/h8-11H,4-7,12-15H2,1-3H3,(H,26,33,34). The molecule has 0 aliphatic carbocycles. The molecule has 3 aromatic heterocycles. The molecule has 1 saturated heterocycles. The molecule has 1 fully saturated rings. The Morgan fingerprint density at radius 3 is 2.54 bits per heavy atom. The third-order valence-corrected chi connectivity index (χ3v) is 7.39. The summed E-state index contributed by atoms with van der Waals surface area (Å²) in [6.07, 6.45) is 4.08. The quantitative estimate of drug-likeness (QED) is 0.375. The number of nitrogens with zero attached hydrogens (tertiary/aromatic N) is 7. The maximum atomic E-state index is 12.6. The molecule has 0 spiro atoms. The molecule has 4 aromatic rings. The Balaban J connectivity index is 1.51. The number of H-pyrrole nitrogens is 1.